The van der Waals surface area contributed by atoms with E-state index in [4.69, 9.17) is 0 Å². The summed E-state index contributed by atoms with van der Waals surface area (Å²) in [5.74, 6) is 0.829. The highest BCUT2D eigenvalue weighted by Gasteiger charge is 2.34. The van der Waals surface area contributed by atoms with E-state index in [1.54, 1.807) is 24.3 Å². The third-order valence-corrected chi connectivity index (χ3v) is 7.52. The zero-order chi connectivity index (χ0) is 19.6. The predicted molar refractivity (Wildman–Crippen MR) is 104 cm³/mol. The lowest BCUT2D eigenvalue weighted by molar-refractivity contribution is -0.130. The lowest BCUT2D eigenvalue weighted by Gasteiger charge is -2.26. The molecule has 2 aromatic rings. The normalized spacial score (nSPS) is 19.7. The molecule has 1 fully saturated rings. The van der Waals surface area contributed by atoms with E-state index in [9.17, 15) is 13.2 Å². The van der Waals surface area contributed by atoms with Crippen LogP contribution in [0.1, 0.15) is 20.3 Å². The molecule has 0 spiro atoms. The molecule has 1 amide bonds. The third kappa shape index (κ3) is 4.32. The van der Waals surface area contributed by atoms with E-state index < -0.39 is 15.1 Å². The topological polar surface area (TPSA) is 98.1 Å². The number of sulfone groups is 1. The quantitative estimate of drug-likeness (QED) is 0.667. The molecule has 146 valence electrons. The maximum Gasteiger partial charge on any atom is 0.235 e. The minimum atomic E-state index is -3.03. The predicted octanol–water partition coefficient (Wildman–Crippen LogP) is 1.49. The van der Waals surface area contributed by atoms with Crippen molar-refractivity contribution in [2.75, 3.05) is 18.6 Å². The summed E-state index contributed by atoms with van der Waals surface area (Å²) in [5.41, 5.74) is 0.915. The summed E-state index contributed by atoms with van der Waals surface area (Å²) in [5, 5.41) is 8.80. The van der Waals surface area contributed by atoms with Gasteiger partial charge in [-0.15, -0.1) is 10.2 Å². The number of carbonyl (C=O) groups excluding carboxylic acids is 1. The molecule has 0 N–H and O–H groups in total. The summed E-state index contributed by atoms with van der Waals surface area (Å²) >= 11 is 1.34. The Morgan fingerprint density at radius 1 is 1.37 bits per heavy atom. The second kappa shape index (κ2) is 7.97. The van der Waals surface area contributed by atoms with E-state index in [0.717, 1.165) is 11.4 Å². The summed E-state index contributed by atoms with van der Waals surface area (Å²) in [6.45, 7) is 4.48. The molecule has 0 radical (unpaired) electrons. The van der Waals surface area contributed by atoms with Crippen LogP contribution in [0.4, 0.5) is 0 Å². The van der Waals surface area contributed by atoms with Gasteiger partial charge in [-0.25, -0.2) is 8.42 Å². The molecule has 2 aromatic heterocycles. The van der Waals surface area contributed by atoms with E-state index in [0.29, 0.717) is 18.1 Å². The number of amides is 1. The van der Waals surface area contributed by atoms with Crippen molar-refractivity contribution >= 4 is 27.5 Å². The summed E-state index contributed by atoms with van der Waals surface area (Å²) in [7, 11) is -1.35. The van der Waals surface area contributed by atoms with Crippen LogP contribution in [0.3, 0.4) is 0 Å². The van der Waals surface area contributed by atoms with Gasteiger partial charge in [-0.05, 0) is 32.4 Å². The molecule has 3 rings (SSSR count). The van der Waals surface area contributed by atoms with Gasteiger partial charge in [-0.3, -0.25) is 9.78 Å². The van der Waals surface area contributed by atoms with Crippen LogP contribution in [0, 0.1) is 0 Å². The molecule has 1 saturated heterocycles. The van der Waals surface area contributed by atoms with Crippen LogP contribution in [-0.2, 0) is 21.2 Å². The summed E-state index contributed by atoms with van der Waals surface area (Å²) < 4.78 is 25.3. The molecule has 0 aliphatic carbocycles. The smallest absolute Gasteiger partial charge is 0.235 e. The molecule has 0 aromatic carbocycles. The monoisotopic (exact) mass is 409 g/mol. The van der Waals surface area contributed by atoms with Gasteiger partial charge in [0.1, 0.15) is 0 Å². The van der Waals surface area contributed by atoms with Crippen LogP contribution in [0.2, 0.25) is 0 Å². The summed E-state index contributed by atoms with van der Waals surface area (Å²) in [4.78, 5) is 18.4. The molecule has 1 aliphatic rings. The second-order valence-corrected chi connectivity index (χ2v) is 10.1. The average molecular weight is 410 g/mol. The number of hydrogen-bond acceptors (Lipinski definition) is 7. The van der Waals surface area contributed by atoms with Gasteiger partial charge in [-0.1, -0.05) is 11.8 Å². The van der Waals surface area contributed by atoms with Crippen LogP contribution in [0.5, 0.6) is 0 Å². The standard InChI is InChI=1S/C17H23N5O3S2/c1-4-22-15(13-5-8-18-9-6-13)19-20-17(22)26-12(2)16(23)21(3)14-7-10-27(24,25)11-14/h5-6,8-9,12,14H,4,7,10-11H2,1-3H3/t12-,14-/m1/s1. The Labute approximate surface area is 163 Å². The van der Waals surface area contributed by atoms with Gasteiger partial charge >= 0.3 is 0 Å². The maximum absolute atomic E-state index is 12.8. The average Bonchev–Trinajstić information content (AvgIpc) is 3.23. The van der Waals surface area contributed by atoms with E-state index in [1.807, 2.05) is 30.5 Å². The molecule has 0 unspecified atom stereocenters. The van der Waals surface area contributed by atoms with Crippen molar-refractivity contribution in [3.63, 3.8) is 0 Å². The largest absolute Gasteiger partial charge is 0.341 e. The Morgan fingerprint density at radius 3 is 2.67 bits per heavy atom. The van der Waals surface area contributed by atoms with E-state index in [-0.39, 0.29) is 23.5 Å². The second-order valence-electron chi connectivity index (χ2n) is 6.55. The van der Waals surface area contributed by atoms with Crippen molar-refractivity contribution < 1.29 is 13.2 Å². The minimum absolute atomic E-state index is 0.0456. The summed E-state index contributed by atoms with van der Waals surface area (Å²) in [6.07, 6.45) is 3.90. The molecule has 3 heterocycles. The molecular formula is C17H23N5O3S2. The minimum Gasteiger partial charge on any atom is -0.341 e. The number of aromatic nitrogens is 4. The van der Waals surface area contributed by atoms with Crippen LogP contribution < -0.4 is 0 Å². The first-order chi connectivity index (χ1) is 12.8. The lowest BCUT2D eigenvalue weighted by Crippen LogP contribution is -2.41. The van der Waals surface area contributed by atoms with Gasteiger partial charge in [0.05, 0.1) is 16.8 Å². The Balaban J connectivity index is 1.73. The Bertz CT molecular complexity index is 914. The summed E-state index contributed by atoms with van der Waals surface area (Å²) in [6, 6.07) is 3.49. The highest BCUT2D eigenvalue weighted by Crippen LogP contribution is 2.28. The Hall–Kier alpha value is -1.94. The number of pyridine rings is 1. The van der Waals surface area contributed by atoms with Crippen LogP contribution in [-0.4, -0.2) is 68.8 Å². The van der Waals surface area contributed by atoms with Crippen molar-refractivity contribution in [1.29, 1.82) is 0 Å². The number of hydrogen-bond donors (Lipinski definition) is 0. The third-order valence-electron chi connectivity index (χ3n) is 4.71. The van der Waals surface area contributed by atoms with Gasteiger partial charge in [-0.2, -0.15) is 0 Å². The van der Waals surface area contributed by atoms with Crippen molar-refractivity contribution in [2.24, 2.45) is 0 Å². The van der Waals surface area contributed by atoms with E-state index in [2.05, 4.69) is 15.2 Å². The van der Waals surface area contributed by atoms with Crippen molar-refractivity contribution in [2.45, 2.75) is 43.3 Å². The van der Waals surface area contributed by atoms with E-state index >= 15 is 0 Å². The molecule has 2 atom stereocenters. The zero-order valence-electron chi connectivity index (χ0n) is 15.6. The van der Waals surface area contributed by atoms with E-state index in [1.165, 1.54) is 11.8 Å². The SMILES string of the molecule is CCn1c(S[C@H](C)C(=O)N(C)[C@@H]2CCS(=O)(=O)C2)nnc1-c1ccncc1. The number of rotatable bonds is 6. The molecular weight excluding hydrogens is 386 g/mol. The van der Waals surface area contributed by atoms with Crippen LogP contribution in [0.25, 0.3) is 11.4 Å². The van der Waals surface area contributed by atoms with Gasteiger partial charge in [0.15, 0.2) is 20.8 Å². The first-order valence-corrected chi connectivity index (χ1v) is 11.5. The number of thioether (sulfide) groups is 1. The van der Waals surface area contributed by atoms with Gasteiger partial charge < -0.3 is 9.47 Å². The first kappa shape index (κ1) is 19.8. The number of nitrogens with zero attached hydrogens (tertiary/aromatic N) is 5. The van der Waals surface area contributed by atoms with Gasteiger partial charge in [0, 0.05) is 37.6 Å². The van der Waals surface area contributed by atoms with Crippen LogP contribution in [0.15, 0.2) is 29.7 Å². The zero-order valence-corrected chi connectivity index (χ0v) is 17.2. The number of carbonyl (C=O) groups is 1. The van der Waals surface area contributed by atoms with Crippen molar-refractivity contribution in [1.82, 2.24) is 24.6 Å². The molecule has 27 heavy (non-hydrogen) atoms. The first-order valence-electron chi connectivity index (χ1n) is 8.79. The van der Waals surface area contributed by atoms with Gasteiger partial charge in [0.2, 0.25) is 5.91 Å². The molecule has 0 bridgehead atoms. The highest BCUT2D eigenvalue weighted by atomic mass is 32.2. The molecule has 10 heteroatoms. The fourth-order valence-corrected chi connectivity index (χ4v) is 5.92. The van der Waals surface area contributed by atoms with Crippen molar-refractivity contribution in [3.8, 4) is 11.4 Å². The molecule has 1 aliphatic heterocycles. The Morgan fingerprint density at radius 2 is 2.07 bits per heavy atom. The fraction of sp³-hybridized carbons (Fsp3) is 0.529. The van der Waals surface area contributed by atoms with Crippen molar-refractivity contribution in [3.05, 3.63) is 24.5 Å². The molecule has 8 nitrogen and oxygen atoms in total. The lowest BCUT2D eigenvalue weighted by atomic mass is 10.2. The van der Waals surface area contributed by atoms with Gasteiger partial charge in [0.25, 0.3) is 0 Å². The highest BCUT2D eigenvalue weighted by molar-refractivity contribution is 8.00. The molecule has 0 saturated carbocycles. The fourth-order valence-electron chi connectivity index (χ4n) is 3.13. The maximum atomic E-state index is 12.8. The van der Waals surface area contributed by atoms with Crippen LogP contribution >= 0.6 is 11.8 Å². The Kier molecular flexibility index (Phi) is 5.85.